The molecule has 0 fully saturated rings. The molecule has 0 saturated carbocycles. The van der Waals surface area contributed by atoms with E-state index in [2.05, 4.69) is 9.71 Å². The van der Waals surface area contributed by atoms with E-state index in [0.717, 1.165) is 12.1 Å². The molecule has 5 nitrogen and oxygen atoms in total. The second-order valence-electron chi connectivity index (χ2n) is 5.46. The highest BCUT2D eigenvalue weighted by Gasteiger charge is 2.26. The van der Waals surface area contributed by atoms with Crippen LogP contribution in [0.4, 0.5) is 8.78 Å². The van der Waals surface area contributed by atoms with Crippen molar-refractivity contribution in [1.82, 2.24) is 14.3 Å². The summed E-state index contributed by atoms with van der Waals surface area (Å²) < 4.78 is 56.4. The predicted octanol–water partition coefficient (Wildman–Crippen LogP) is 2.77. The van der Waals surface area contributed by atoms with Crippen LogP contribution >= 0.6 is 0 Å². The second-order valence-corrected chi connectivity index (χ2v) is 7.18. The molecule has 0 aliphatic rings. The van der Waals surface area contributed by atoms with Crippen LogP contribution in [-0.2, 0) is 17.1 Å². The number of hydrogen-bond acceptors (Lipinski definition) is 3. The van der Waals surface area contributed by atoms with Crippen LogP contribution in [0, 0.1) is 11.6 Å². The molecule has 3 rings (SSSR count). The Bertz CT molecular complexity index is 1000. The number of aromatic nitrogens is 2. The standard InChI is InChI=1S/C17H15F2N3O2S/c1-22-9-8-20-17(22)16(12-4-2-5-13(18)10-12)21-25(23,24)15-7-3-6-14(19)11-15/h2-11,16,21H,1H3. The highest BCUT2D eigenvalue weighted by atomic mass is 32.2. The number of benzene rings is 2. The summed E-state index contributed by atoms with van der Waals surface area (Å²) in [7, 11) is -2.35. The first-order valence-electron chi connectivity index (χ1n) is 7.37. The molecule has 0 aliphatic heterocycles. The van der Waals surface area contributed by atoms with Crippen LogP contribution in [0.5, 0.6) is 0 Å². The van der Waals surface area contributed by atoms with E-state index in [1.54, 1.807) is 23.9 Å². The number of nitrogens with zero attached hydrogens (tertiary/aromatic N) is 2. The predicted molar refractivity (Wildman–Crippen MR) is 88.2 cm³/mol. The van der Waals surface area contributed by atoms with E-state index in [1.165, 1.54) is 36.5 Å². The molecule has 2 aromatic carbocycles. The van der Waals surface area contributed by atoms with Gasteiger partial charge in [-0.15, -0.1) is 0 Å². The van der Waals surface area contributed by atoms with E-state index in [9.17, 15) is 17.2 Å². The summed E-state index contributed by atoms with van der Waals surface area (Å²) in [6.45, 7) is 0. The molecule has 130 valence electrons. The molecule has 8 heteroatoms. The summed E-state index contributed by atoms with van der Waals surface area (Å²) in [5.74, 6) is -0.783. The van der Waals surface area contributed by atoms with Crippen molar-refractivity contribution in [3.8, 4) is 0 Å². The first-order valence-corrected chi connectivity index (χ1v) is 8.86. The fraction of sp³-hybridized carbons (Fsp3) is 0.118. The summed E-state index contributed by atoms with van der Waals surface area (Å²) in [4.78, 5) is 3.94. The molecule has 1 heterocycles. The lowest BCUT2D eigenvalue weighted by atomic mass is 10.1. The molecule has 0 bridgehead atoms. The number of hydrogen-bond donors (Lipinski definition) is 1. The smallest absolute Gasteiger partial charge is 0.241 e. The first-order chi connectivity index (χ1) is 11.9. The monoisotopic (exact) mass is 363 g/mol. The van der Waals surface area contributed by atoms with Gasteiger partial charge in [-0.1, -0.05) is 18.2 Å². The first kappa shape index (κ1) is 17.2. The molecular weight excluding hydrogens is 348 g/mol. The van der Waals surface area contributed by atoms with E-state index in [-0.39, 0.29) is 4.90 Å². The van der Waals surface area contributed by atoms with Gasteiger partial charge in [0, 0.05) is 19.4 Å². The summed E-state index contributed by atoms with van der Waals surface area (Å²) in [6.07, 6.45) is 3.16. The Morgan fingerprint density at radius 1 is 1.08 bits per heavy atom. The molecule has 0 saturated heterocycles. The van der Waals surface area contributed by atoms with Gasteiger partial charge in [0.05, 0.1) is 4.90 Å². The Balaban J connectivity index is 2.05. The summed E-state index contributed by atoms with van der Waals surface area (Å²) in [6, 6.07) is 9.31. The van der Waals surface area contributed by atoms with Crippen LogP contribution in [0.15, 0.2) is 65.8 Å². The maximum atomic E-state index is 13.6. The Labute approximate surface area is 144 Å². The van der Waals surface area contributed by atoms with Gasteiger partial charge in [0.2, 0.25) is 10.0 Å². The van der Waals surface area contributed by atoms with E-state index < -0.39 is 27.7 Å². The minimum Gasteiger partial charge on any atom is -0.336 e. The quantitative estimate of drug-likeness (QED) is 0.758. The van der Waals surface area contributed by atoms with Gasteiger partial charge in [0.15, 0.2) is 0 Å². The third kappa shape index (κ3) is 3.75. The number of halogens is 2. The number of aryl methyl sites for hydroxylation is 1. The van der Waals surface area contributed by atoms with Crippen molar-refractivity contribution in [2.24, 2.45) is 7.05 Å². The summed E-state index contributed by atoms with van der Waals surface area (Å²) in [5, 5.41) is 0. The van der Waals surface area contributed by atoms with Gasteiger partial charge < -0.3 is 4.57 Å². The Hall–Kier alpha value is -2.58. The molecule has 1 N–H and O–H groups in total. The van der Waals surface area contributed by atoms with Crippen LogP contribution in [0.3, 0.4) is 0 Å². The van der Waals surface area contributed by atoms with Gasteiger partial charge in [-0.3, -0.25) is 0 Å². The molecule has 1 aromatic heterocycles. The Kier molecular flexibility index (Phi) is 4.65. The van der Waals surface area contributed by atoms with Crippen molar-refractivity contribution in [3.63, 3.8) is 0 Å². The minimum atomic E-state index is -4.05. The lowest BCUT2D eigenvalue weighted by Crippen LogP contribution is -2.31. The number of rotatable bonds is 5. The molecule has 1 unspecified atom stereocenters. The third-order valence-corrected chi connectivity index (χ3v) is 5.10. The van der Waals surface area contributed by atoms with Crippen molar-refractivity contribution in [1.29, 1.82) is 0 Å². The Morgan fingerprint density at radius 2 is 1.76 bits per heavy atom. The molecule has 0 radical (unpaired) electrons. The fourth-order valence-corrected chi connectivity index (χ4v) is 3.68. The van der Waals surface area contributed by atoms with Gasteiger partial charge in [-0.05, 0) is 35.9 Å². The largest absolute Gasteiger partial charge is 0.336 e. The molecule has 0 aliphatic carbocycles. The van der Waals surface area contributed by atoms with Gasteiger partial charge in [-0.2, -0.15) is 4.72 Å². The van der Waals surface area contributed by atoms with E-state index in [1.807, 2.05) is 0 Å². The maximum Gasteiger partial charge on any atom is 0.241 e. The van der Waals surface area contributed by atoms with Crippen LogP contribution in [0.1, 0.15) is 17.4 Å². The number of imidazole rings is 1. The minimum absolute atomic E-state index is 0.219. The lowest BCUT2D eigenvalue weighted by Gasteiger charge is -2.19. The lowest BCUT2D eigenvalue weighted by molar-refractivity contribution is 0.558. The van der Waals surface area contributed by atoms with Crippen molar-refractivity contribution in [3.05, 3.63) is 83.9 Å². The second kappa shape index (κ2) is 6.73. The zero-order chi connectivity index (χ0) is 18.0. The van der Waals surface area contributed by atoms with Crippen LogP contribution in [0.2, 0.25) is 0 Å². The zero-order valence-electron chi connectivity index (χ0n) is 13.2. The highest BCUT2D eigenvalue weighted by Crippen LogP contribution is 2.24. The van der Waals surface area contributed by atoms with Crippen molar-refractivity contribution >= 4 is 10.0 Å². The SMILES string of the molecule is Cn1ccnc1C(NS(=O)(=O)c1cccc(F)c1)c1cccc(F)c1. The van der Waals surface area contributed by atoms with E-state index in [4.69, 9.17) is 0 Å². The molecular formula is C17H15F2N3O2S. The maximum absolute atomic E-state index is 13.6. The summed E-state index contributed by atoms with van der Waals surface area (Å²) in [5.41, 5.74) is 0.384. The van der Waals surface area contributed by atoms with Crippen molar-refractivity contribution in [2.75, 3.05) is 0 Å². The van der Waals surface area contributed by atoms with Gasteiger partial charge >= 0.3 is 0 Å². The summed E-state index contributed by atoms with van der Waals surface area (Å²) >= 11 is 0. The zero-order valence-corrected chi connectivity index (χ0v) is 14.0. The average Bonchev–Trinajstić information content (AvgIpc) is 2.98. The molecule has 0 amide bonds. The third-order valence-electron chi connectivity index (χ3n) is 3.68. The Morgan fingerprint density at radius 3 is 2.36 bits per heavy atom. The number of sulfonamides is 1. The van der Waals surface area contributed by atoms with Crippen molar-refractivity contribution < 1.29 is 17.2 Å². The molecule has 25 heavy (non-hydrogen) atoms. The van der Waals surface area contributed by atoms with Crippen LogP contribution < -0.4 is 4.72 Å². The topological polar surface area (TPSA) is 64.0 Å². The van der Waals surface area contributed by atoms with E-state index >= 15 is 0 Å². The van der Waals surface area contributed by atoms with Gasteiger partial charge in [0.1, 0.15) is 23.5 Å². The van der Waals surface area contributed by atoms with Crippen molar-refractivity contribution in [2.45, 2.75) is 10.9 Å². The van der Waals surface area contributed by atoms with Gasteiger partial charge in [-0.25, -0.2) is 22.2 Å². The number of nitrogens with one attached hydrogen (secondary N) is 1. The normalized spacial score (nSPS) is 12.9. The average molecular weight is 363 g/mol. The highest BCUT2D eigenvalue weighted by molar-refractivity contribution is 7.89. The van der Waals surface area contributed by atoms with Crippen LogP contribution in [-0.4, -0.2) is 18.0 Å². The fourth-order valence-electron chi connectivity index (χ4n) is 2.47. The van der Waals surface area contributed by atoms with E-state index in [0.29, 0.717) is 11.4 Å². The molecule has 0 spiro atoms. The van der Waals surface area contributed by atoms with Gasteiger partial charge in [0.25, 0.3) is 0 Å². The van der Waals surface area contributed by atoms with Crippen LogP contribution in [0.25, 0.3) is 0 Å². The molecule has 3 aromatic rings. The molecule has 1 atom stereocenters.